The summed E-state index contributed by atoms with van der Waals surface area (Å²) in [4.78, 5) is 24.0. The number of rotatable bonds is 7. The van der Waals surface area contributed by atoms with Crippen molar-refractivity contribution in [3.63, 3.8) is 0 Å². The van der Waals surface area contributed by atoms with Crippen LogP contribution in [0.4, 0.5) is 0 Å². The van der Waals surface area contributed by atoms with E-state index in [9.17, 15) is 18.9 Å². The van der Waals surface area contributed by atoms with E-state index in [2.05, 4.69) is 5.32 Å². The van der Waals surface area contributed by atoms with E-state index in [0.29, 0.717) is 11.3 Å². The quantitative estimate of drug-likeness (QED) is 0.796. The van der Waals surface area contributed by atoms with Gasteiger partial charge in [0.2, 0.25) is 0 Å². The zero-order valence-electron chi connectivity index (χ0n) is 14.1. The summed E-state index contributed by atoms with van der Waals surface area (Å²) in [5.74, 6) is -1.75. The lowest BCUT2D eigenvalue weighted by molar-refractivity contribution is -0.142. The summed E-state index contributed by atoms with van der Waals surface area (Å²) < 4.78 is 11.4. The average molecular weight is 359 g/mol. The third-order valence-corrected chi connectivity index (χ3v) is 4.63. The Bertz CT molecular complexity index is 776. The van der Waals surface area contributed by atoms with Crippen LogP contribution in [0, 0.1) is 5.92 Å². The second-order valence-corrected chi connectivity index (χ2v) is 7.34. The van der Waals surface area contributed by atoms with Gasteiger partial charge >= 0.3 is 5.97 Å². The van der Waals surface area contributed by atoms with Crippen LogP contribution in [0.2, 0.25) is 0 Å². The first kappa shape index (κ1) is 18.9. The van der Waals surface area contributed by atoms with Crippen molar-refractivity contribution in [3.05, 3.63) is 71.3 Å². The summed E-state index contributed by atoms with van der Waals surface area (Å²) in [5, 5.41) is 12.2. The first-order valence-electron chi connectivity index (χ1n) is 7.86. The van der Waals surface area contributed by atoms with Crippen LogP contribution < -0.4 is 5.32 Å². The molecule has 25 heavy (non-hydrogen) atoms. The van der Waals surface area contributed by atoms with E-state index in [1.807, 2.05) is 12.1 Å². The van der Waals surface area contributed by atoms with E-state index in [1.165, 1.54) is 0 Å². The fourth-order valence-corrected chi connectivity index (χ4v) is 3.21. The van der Waals surface area contributed by atoms with Crippen LogP contribution in [0.25, 0.3) is 0 Å². The van der Waals surface area contributed by atoms with Crippen molar-refractivity contribution in [3.8, 4) is 0 Å². The summed E-state index contributed by atoms with van der Waals surface area (Å²) in [6.07, 6.45) is 1.60. The highest BCUT2D eigenvalue weighted by atomic mass is 32.2. The molecule has 0 radical (unpaired) electrons. The lowest BCUT2D eigenvalue weighted by Gasteiger charge is -2.23. The van der Waals surface area contributed by atoms with Gasteiger partial charge in [0, 0.05) is 28.4 Å². The van der Waals surface area contributed by atoms with Crippen LogP contribution in [0.5, 0.6) is 0 Å². The molecule has 2 rings (SSSR count). The maximum absolute atomic E-state index is 12.6. The fraction of sp³-hybridized carbons (Fsp3) is 0.263. The first-order valence-corrected chi connectivity index (χ1v) is 9.58. The number of carboxylic acid groups (broad SMARTS) is 1. The minimum absolute atomic E-state index is 0.356. The van der Waals surface area contributed by atoms with E-state index >= 15 is 0 Å². The van der Waals surface area contributed by atoms with Crippen LogP contribution in [-0.4, -0.2) is 27.4 Å². The topological polar surface area (TPSA) is 83.5 Å². The van der Waals surface area contributed by atoms with Crippen LogP contribution >= 0.6 is 0 Å². The fourth-order valence-electron chi connectivity index (χ4n) is 2.56. The molecule has 0 saturated heterocycles. The molecule has 2 aromatic rings. The van der Waals surface area contributed by atoms with E-state index < -0.39 is 28.7 Å². The molecule has 0 aliphatic carbocycles. The van der Waals surface area contributed by atoms with Gasteiger partial charge in [-0.1, -0.05) is 42.5 Å². The van der Waals surface area contributed by atoms with Gasteiger partial charge in [-0.25, -0.2) is 0 Å². The molecule has 0 spiro atoms. The van der Waals surface area contributed by atoms with Gasteiger partial charge in [-0.2, -0.15) is 0 Å². The SMILES string of the molecule is CC(C(=O)O)C(NC(=O)c1cccc(CS(C)=O)c1)c1ccccc1. The third-order valence-electron chi connectivity index (χ3n) is 3.89. The molecular formula is C19H21NO4S. The molecule has 6 heteroatoms. The number of carbonyl (C=O) groups excluding carboxylic acids is 1. The highest BCUT2D eigenvalue weighted by Gasteiger charge is 2.27. The van der Waals surface area contributed by atoms with E-state index in [1.54, 1.807) is 55.6 Å². The van der Waals surface area contributed by atoms with Crippen molar-refractivity contribution in [2.75, 3.05) is 6.26 Å². The van der Waals surface area contributed by atoms with Gasteiger partial charge in [0.15, 0.2) is 0 Å². The summed E-state index contributed by atoms with van der Waals surface area (Å²) in [7, 11) is -1.00. The third kappa shape index (κ3) is 5.26. The van der Waals surface area contributed by atoms with Crippen molar-refractivity contribution in [1.29, 1.82) is 0 Å². The van der Waals surface area contributed by atoms with E-state index in [0.717, 1.165) is 11.1 Å². The lowest BCUT2D eigenvalue weighted by Crippen LogP contribution is -2.35. The number of nitrogens with one attached hydrogen (secondary N) is 1. The number of benzene rings is 2. The Morgan fingerprint density at radius 2 is 1.80 bits per heavy atom. The molecule has 0 aliphatic heterocycles. The van der Waals surface area contributed by atoms with Gasteiger partial charge in [0.25, 0.3) is 5.91 Å². The minimum Gasteiger partial charge on any atom is -0.481 e. The summed E-state index contributed by atoms with van der Waals surface area (Å²) >= 11 is 0. The zero-order valence-corrected chi connectivity index (χ0v) is 15.0. The Balaban J connectivity index is 2.25. The monoisotopic (exact) mass is 359 g/mol. The standard InChI is InChI=1S/C19H21NO4S/c1-13(19(22)23)17(15-8-4-3-5-9-15)20-18(21)16-10-6-7-14(11-16)12-25(2)24/h3-11,13,17H,12H2,1-2H3,(H,20,21)(H,22,23). The Morgan fingerprint density at radius 3 is 2.40 bits per heavy atom. The molecule has 2 aromatic carbocycles. The van der Waals surface area contributed by atoms with Crippen molar-refractivity contribution in [2.24, 2.45) is 5.92 Å². The molecular weight excluding hydrogens is 338 g/mol. The molecule has 1 amide bonds. The molecule has 0 fully saturated rings. The number of aliphatic carboxylic acids is 1. The molecule has 0 aliphatic rings. The number of carbonyl (C=O) groups is 2. The molecule has 0 saturated carbocycles. The van der Waals surface area contributed by atoms with Gasteiger partial charge in [-0.3, -0.25) is 13.8 Å². The smallest absolute Gasteiger partial charge is 0.308 e. The predicted octanol–water partition coefficient (Wildman–Crippen LogP) is 2.76. The minimum atomic E-state index is -1.00. The lowest BCUT2D eigenvalue weighted by atomic mass is 9.94. The summed E-state index contributed by atoms with van der Waals surface area (Å²) in [6, 6.07) is 15.3. The highest BCUT2D eigenvalue weighted by Crippen LogP contribution is 2.23. The molecule has 5 nitrogen and oxygen atoms in total. The van der Waals surface area contributed by atoms with Gasteiger partial charge in [-0.15, -0.1) is 0 Å². The second kappa shape index (κ2) is 8.58. The maximum atomic E-state index is 12.6. The van der Waals surface area contributed by atoms with Gasteiger partial charge < -0.3 is 10.4 Å². The highest BCUT2D eigenvalue weighted by molar-refractivity contribution is 7.83. The first-order chi connectivity index (χ1) is 11.9. The Hall–Kier alpha value is -2.47. The molecule has 3 atom stereocenters. The van der Waals surface area contributed by atoms with Crippen LogP contribution in [0.15, 0.2) is 54.6 Å². The number of hydrogen-bond donors (Lipinski definition) is 2. The normalized spacial score (nSPS) is 14.3. The van der Waals surface area contributed by atoms with E-state index in [-0.39, 0.29) is 5.91 Å². The average Bonchev–Trinajstić information content (AvgIpc) is 2.59. The van der Waals surface area contributed by atoms with Crippen molar-refractivity contribution < 1.29 is 18.9 Å². The molecule has 2 N–H and O–H groups in total. The zero-order chi connectivity index (χ0) is 18.4. The molecule has 132 valence electrons. The van der Waals surface area contributed by atoms with E-state index in [4.69, 9.17) is 0 Å². The van der Waals surface area contributed by atoms with Gasteiger partial charge in [-0.05, 0) is 30.2 Å². The summed E-state index contributed by atoms with van der Waals surface area (Å²) in [5.41, 5.74) is 1.95. The molecule has 0 aromatic heterocycles. The Kier molecular flexibility index (Phi) is 6.47. The Morgan fingerprint density at radius 1 is 1.12 bits per heavy atom. The van der Waals surface area contributed by atoms with Gasteiger partial charge in [0.05, 0.1) is 12.0 Å². The predicted molar refractivity (Wildman–Crippen MR) is 97.7 cm³/mol. The molecule has 3 unspecified atom stereocenters. The van der Waals surface area contributed by atoms with Gasteiger partial charge in [0.1, 0.15) is 0 Å². The number of carboxylic acids is 1. The largest absolute Gasteiger partial charge is 0.481 e. The van der Waals surface area contributed by atoms with Crippen LogP contribution in [0.1, 0.15) is 34.5 Å². The van der Waals surface area contributed by atoms with Crippen molar-refractivity contribution in [2.45, 2.75) is 18.7 Å². The summed E-state index contributed by atoms with van der Waals surface area (Å²) in [6.45, 7) is 1.57. The number of hydrogen-bond acceptors (Lipinski definition) is 3. The van der Waals surface area contributed by atoms with Crippen molar-refractivity contribution in [1.82, 2.24) is 5.32 Å². The second-order valence-electron chi connectivity index (χ2n) is 5.91. The van der Waals surface area contributed by atoms with Crippen molar-refractivity contribution >= 4 is 22.7 Å². The van der Waals surface area contributed by atoms with Crippen LogP contribution in [0.3, 0.4) is 0 Å². The van der Waals surface area contributed by atoms with Crippen LogP contribution in [-0.2, 0) is 21.3 Å². The molecule has 0 bridgehead atoms. The molecule has 0 heterocycles. The maximum Gasteiger partial charge on any atom is 0.308 e. The number of amides is 1. The Labute approximate surface area is 149 Å².